The lowest BCUT2D eigenvalue weighted by Gasteiger charge is -2.24. The minimum Gasteiger partial charge on any atom is -0.384 e. The molecule has 1 atom stereocenters. The molecule has 0 aliphatic rings. The third kappa shape index (κ3) is 4.85. The van der Waals surface area contributed by atoms with Gasteiger partial charge in [-0.25, -0.2) is 0 Å². The number of ether oxygens (including phenoxy) is 1. The van der Waals surface area contributed by atoms with Crippen LogP contribution >= 0.6 is 0 Å². The van der Waals surface area contributed by atoms with Crippen LogP contribution in [0.2, 0.25) is 0 Å². The van der Waals surface area contributed by atoms with Gasteiger partial charge >= 0.3 is 0 Å². The highest BCUT2D eigenvalue weighted by atomic mass is 16.5. The summed E-state index contributed by atoms with van der Waals surface area (Å²) in [6.45, 7) is 3.10. The Labute approximate surface area is 80.0 Å². The number of amides is 1. The van der Waals surface area contributed by atoms with E-state index >= 15 is 0 Å². The number of rotatable bonds is 6. The topological polar surface area (TPSA) is 55.6 Å². The number of hydrogen-bond acceptors (Lipinski definition) is 3. The number of methoxy groups -OCH3 is 1. The molecule has 0 bridgehead atoms. The summed E-state index contributed by atoms with van der Waals surface area (Å²) < 4.78 is 4.83. The van der Waals surface area contributed by atoms with Crippen LogP contribution in [-0.2, 0) is 9.53 Å². The van der Waals surface area contributed by atoms with Crippen molar-refractivity contribution < 1.29 is 9.53 Å². The molecular weight excluding hydrogens is 168 g/mol. The van der Waals surface area contributed by atoms with E-state index in [0.717, 1.165) is 6.42 Å². The molecular formula is C9H20N2O2. The van der Waals surface area contributed by atoms with Crippen molar-refractivity contribution in [2.75, 3.05) is 27.3 Å². The molecule has 0 heterocycles. The molecule has 4 heteroatoms. The Bertz CT molecular complexity index is 151. The van der Waals surface area contributed by atoms with E-state index in [2.05, 4.69) is 0 Å². The molecule has 13 heavy (non-hydrogen) atoms. The normalized spacial score (nSPS) is 12.6. The largest absolute Gasteiger partial charge is 0.384 e. The van der Waals surface area contributed by atoms with Gasteiger partial charge in [-0.3, -0.25) is 4.79 Å². The Kier molecular flexibility index (Phi) is 6.54. The van der Waals surface area contributed by atoms with Gasteiger partial charge < -0.3 is 15.4 Å². The average Bonchev–Trinajstić information content (AvgIpc) is 2.13. The highest BCUT2D eigenvalue weighted by molar-refractivity contribution is 5.76. The van der Waals surface area contributed by atoms with Gasteiger partial charge in [0.25, 0.3) is 0 Å². The third-order valence-corrected chi connectivity index (χ3v) is 2.16. The molecule has 0 aromatic heterocycles. The molecule has 0 aliphatic heterocycles. The smallest absolute Gasteiger partial charge is 0.224 e. The molecule has 0 aromatic rings. The fraction of sp³-hybridized carbons (Fsp3) is 0.889. The highest BCUT2D eigenvalue weighted by Crippen LogP contribution is 2.02. The van der Waals surface area contributed by atoms with Crippen LogP contribution in [-0.4, -0.2) is 44.2 Å². The molecule has 0 rings (SSSR count). The first-order chi connectivity index (χ1) is 6.13. The second-order valence-electron chi connectivity index (χ2n) is 3.17. The van der Waals surface area contributed by atoms with Gasteiger partial charge in [-0.15, -0.1) is 0 Å². The summed E-state index contributed by atoms with van der Waals surface area (Å²) >= 11 is 0. The molecule has 78 valence electrons. The monoisotopic (exact) mass is 188 g/mol. The van der Waals surface area contributed by atoms with Gasteiger partial charge in [0.1, 0.15) is 0 Å². The molecule has 0 saturated heterocycles. The zero-order valence-electron chi connectivity index (χ0n) is 8.75. The Balaban J connectivity index is 3.79. The average molecular weight is 188 g/mol. The number of nitrogens with two attached hydrogens (primary N) is 1. The SMILES string of the molecule is COCCC(=O)N(C)C(C)CCN. The van der Waals surface area contributed by atoms with Crippen LogP contribution in [0.3, 0.4) is 0 Å². The van der Waals surface area contributed by atoms with E-state index in [1.807, 2.05) is 6.92 Å². The second-order valence-corrected chi connectivity index (χ2v) is 3.17. The predicted octanol–water partition coefficient (Wildman–Crippen LogP) is 0.219. The van der Waals surface area contributed by atoms with E-state index in [9.17, 15) is 4.79 Å². The zero-order chi connectivity index (χ0) is 10.3. The molecule has 0 spiro atoms. The van der Waals surface area contributed by atoms with Crippen molar-refractivity contribution in [1.29, 1.82) is 0 Å². The number of carbonyl (C=O) groups is 1. The summed E-state index contributed by atoms with van der Waals surface area (Å²) in [7, 11) is 3.40. The van der Waals surface area contributed by atoms with Crippen LogP contribution in [0.15, 0.2) is 0 Å². The maximum Gasteiger partial charge on any atom is 0.224 e. The summed E-state index contributed by atoms with van der Waals surface area (Å²) in [5, 5.41) is 0. The summed E-state index contributed by atoms with van der Waals surface area (Å²) in [5.74, 6) is 0.114. The lowest BCUT2D eigenvalue weighted by Crippen LogP contribution is -2.36. The maximum absolute atomic E-state index is 11.4. The minimum atomic E-state index is 0.114. The first kappa shape index (κ1) is 12.4. The van der Waals surface area contributed by atoms with Gasteiger partial charge in [-0.2, -0.15) is 0 Å². The van der Waals surface area contributed by atoms with Crippen LogP contribution in [0.25, 0.3) is 0 Å². The highest BCUT2D eigenvalue weighted by Gasteiger charge is 2.13. The van der Waals surface area contributed by atoms with Gasteiger partial charge in [-0.1, -0.05) is 0 Å². The van der Waals surface area contributed by atoms with Gasteiger partial charge in [0.05, 0.1) is 13.0 Å². The van der Waals surface area contributed by atoms with Crippen molar-refractivity contribution >= 4 is 5.91 Å². The Morgan fingerprint density at radius 2 is 2.23 bits per heavy atom. The fourth-order valence-corrected chi connectivity index (χ4v) is 1.05. The van der Waals surface area contributed by atoms with E-state index in [1.165, 1.54) is 0 Å². The third-order valence-electron chi connectivity index (χ3n) is 2.16. The first-order valence-electron chi connectivity index (χ1n) is 4.58. The molecule has 0 fully saturated rings. The zero-order valence-corrected chi connectivity index (χ0v) is 8.75. The van der Waals surface area contributed by atoms with Crippen LogP contribution < -0.4 is 5.73 Å². The van der Waals surface area contributed by atoms with Crippen molar-refractivity contribution in [2.24, 2.45) is 5.73 Å². The van der Waals surface area contributed by atoms with Crippen LogP contribution in [0.1, 0.15) is 19.8 Å². The molecule has 1 unspecified atom stereocenters. The van der Waals surface area contributed by atoms with Crippen LogP contribution in [0, 0.1) is 0 Å². The maximum atomic E-state index is 11.4. The predicted molar refractivity (Wildman–Crippen MR) is 52.4 cm³/mol. The van der Waals surface area contributed by atoms with Crippen molar-refractivity contribution in [3.63, 3.8) is 0 Å². The number of carbonyl (C=O) groups excluding carboxylic acids is 1. The molecule has 0 aliphatic carbocycles. The van der Waals surface area contributed by atoms with E-state index in [0.29, 0.717) is 19.6 Å². The quantitative estimate of drug-likeness (QED) is 0.648. The molecule has 1 amide bonds. The van der Waals surface area contributed by atoms with E-state index in [4.69, 9.17) is 10.5 Å². The van der Waals surface area contributed by atoms with Gasteiger partial charge in [-0.05, 0) is 19.9 Å². The first-order valence-corrected chi connectivity index (χ1v) is 4.58. The Morgan fingerprint density at radius 3 is 2.69 bits per heavy atom. The summed E-state index contributed by atoms with van der Waals surface area (Å²) in [6, 6.07) is 0.217. The lowest BCUT2D eigenvalue weighted by molar-refractivity contribution is -0.132. The van der Waals surface area contributed by atoms with Gasteiger partial charge in [0.2, 0.25) is 5.91 Å². The number of nitrogens with zero attached hydrogens (tertiary/aromatic N) is 1. The Morgan fingerprint density at radius 1 is 1.62 bits per heavy atom. The minimum absolute atomic E-state index is 0.114. The van der Waals surface area contributed by atoms with Crippen molar-refractivity contribution in [3.05, 3.63) is 0 Å². The van der Waals surface area contributed by atoms with Crippen molar-refractivity contribution in [3.8, 4) is 0 Å². The molecule has 0 saturated carbocycles. The fourth-order valence-electron chi connectivity index (χ4n) is 1.05. The lowest BCUT2D eigenvalue weighted by atomic mass is 10.2. The summed E-state index contributed by atoms with van der Waals surface area (Å²) in [4.78, 5) is 13.2. The van der Waals surface area contributed by atoms with E-state index in [-0.39, 0.29) is 11.9 Å². The van der Waals surface area contributed by atoms with E-state index < -0.39 is 0 Å². The molecule has 2 N–H and O–H groups in total. The summed E-state index contributed by atoms with van der Waals surface area (Å²) in [5.41, 5.74) is 5.40. The molecule has 0 radical (unpaired) electrons. The Hall–Kier alpha value is -0.610. The molecule has 4 nitrogen and oxygen atoms in total. The van der Waals surface area contributed by atoms with Crippen molar-refractivity contribution in [1.82, 2.24) is 4.90 Å². The van der Waals surface area contributed by atoms with Gasteiger partial charge in [0, 0.05) is 20.2 Å². The van der Waals surface area contributed by atoms with Crippen LogP contribution in [0.4, 0.5) is 0 Å². The second kappa shape index (κ2) is 6.86. The standard InChI is InChI=1S/C9H20N2O2/c1-8(4-6-10)11(2)9(12)5-7-13-3/h8H,4-7,10H2,1-3H3. The van der Waals surface area contributed by atoms with E-state index in [1.54, 1.807) is 19.1 Å². The molecule has 0 aromatic carbocycles. The summed E-state index contributed by atoms with van der Waals surface area (Å²) in [6.07, 6.45) is 1.29. The van der Waals surface area contributed by atoms with Gasteiger partial charge in [0.15, 0.2) is 0 Å². The van der Waals surface area contributed by atoms with Crippen LogP contribution in [0.5, 0.6) is 0 Å². The van der Waals surface area contributed by atoms with Crippen molar-refractivity contribution in [2.45, 2.75) is 25.8 Å². The number of hydrogen-bond donors (Lipinski definition) is 1.